The number of rotatable bonds is 2. The van der Waals surface area contributed by atoms with Crippen molar-refractivity contribution in [2.24, 2.45) is 16.7 Å². The van der Waals surface area contributed by atoms with E-state index in [4.69, 9.17) is 0 Å². The van der Waals surface area contributed by atoms with Crippen LogP contribution in [0.1, 0.15) is 65.7 Å². The average Bonchev–Trinajstić information content (AvgIpc) is 2.47. The van der Waals surface area contributed by atoms with Gasteiger partial charge in [0, 0.05) is 5.41 Å². The van der Waals surface area contributed by atoms with Crippen LogP contribution in [0.2, 0.25) is 0 Å². The molecule has 0 bridgehead atoms. The molecule has 3 aliphatic carbocycles. The second-order valence-corrected chi connectivity index (χ2v) is 8.21. The summed E-state index contributed by atoms with van der Waals surface area (Å²) in [5.74, 6) is 0.807. The van der Waals surface area contributed by atoms with Gasteiger partial charge in [0.25, 0.3) is 0 Å². The van der Waals surface area contributed by atoms with Crippen LogP contribution in [-0.4, -0.2) is 0 Å². The van der Waals surface area contributed by atoms with Gasteiger partial charge >= 0.3 is 0 Å². The Hall–Kier alpha value is -1.04. The molecule has 3 aliphatic rings. The molecule has 0 aromatic carbocycles. The van der Waals surface area contributed by atoms with Crippen LogP contribution < -0.4 is 0 Å². The Morgan fingerprint density at radius 2 is 1.43 bits per heavy atom. The summed E-state index contributed by atoms with van der Waals surface area (Å²) in [5.41, 5.74) is 3.92. The van der Waals surface area contributed by atoms with Crippen molar-refractivity contribution in [2.75, 3.05) is 0 Å². The van der Waals surface area contributed by atoms with Crippen LogP contribution in [0.15, 0.2) is 47.6 Å². The lowest BCUT2D eigenvalue weighted by molar-refractivity contribution is 0.103. The lowest BCUT2D eigenvalue weighted by atomic mass is 9.54. The second kappa shape index (κ2) is 5.63. The Balaban J connectivity index is 2.06. The molecule has 0 nitrogen and oxygen atoms in total. The molecule has 1 saturated carbocycles. The summed E-state index contributed by atoms with van der Waals surface area (Å²) in [5, 5.41) is 0. The van der Waals surface area contributed by atoms with Crippen molar-refractivity contribution in [3.63, 3.8) is 0 Å². The van der Waals surface area contributed by atoms with Crippen molar-refractivity contribution in [2.45, 2.75) is 65.7 Å². The Bertz CT molecular complexity index is 478. The summed E-state index contributed by atoms with van der Waals surface area (Å²) in [6.45, 7) is 7.39. The molecule has 21 heavy (non-hydrogen) atoms. The minimum atomic E-state index is 0.273. The molecule has 0 amide bonds. The predicted octanol–water partition coefficient (Wildman–Crippen LogP) is 6.37. The summed E-state index contributed by atoms with van der Waals surface area (Å²) in [7, 11) is 0. The second-order valence-electron chi connectivity index (χ2n) is 8.21. The first-order valence-corrected chi connectivity index (χ1v) is 8.76. The van der Waals surface area contributed by atoms with Crippen LogP contribution in [0.25, 0.3) is 0 Å². The molecule has 3 rings (SSSR count). The first-order chi connectivity index (χ1) is 10.0. The average molecular weight is 282 g/mol. The maximum Gasteiger partial charge on any atom is 0.0204 e. The van der Waals surface area contributed by atoms with Crippen LogP contribution in [0, 0.1) is 16.7 Å². The zero-order chi connectivity index (χ0) is 14.9. The van der Waals surface area contributed by atoms with Gasteiger partial charge in [-0.3, -0.25) is 0 Å². The van der Waals surface area contributed by atoms with Crippen LogP contribution in [0.5, 0.6) is 0 Å². The highest BCUT2D eigenvalue weighted by Crippen LogP contribution is 2.57. The zero-order valence-corrected chi connectivity index (χ0v) is 14.0. The van der Waals surface area contributed by atoms with Crippen molar-refractivity contribution in [3.05, 3.63) is 47.6 Å². The van der Waals surface area contributed by atoms with E-state index in [0.717, 1.165) is 5.92 Å². The van der Waals surface area contributed by atoms with Crippen LogP contribution in [0.3, 0.4) is 0 Å². The molecule has 0 heteroatoms. The third-order valence-electron chi connectivity index (χ3n) is 5.47. The smallest absolute Gasteiger partial charge is 0.0204 e. The summed E-state index contributed by atoms with van der Waals surface area (Å²) in [6.07, 6.45) is 23.5. The summed E-state index contributed by atoms with van der Waals surface area (Å²) in [6, 6.07) is 0. The SMILES string of the molecule is CC1CC(C)(C)CC(C2=CCCC=C2)(C2=CCCC=C2)C1. The molecular formula is C21H30. The molecule has 0 saturated heterocycles. The minimum Gasteiger partial charge on any atom is -0.0839 e. The summed E-state index contributed by atoms with van der Waals surface area (Å²) in [4.78, 5) is 0. The minimum absolute atomic E-state index is 0.273. The quantitative estimate of drug-likeness (QED) is 0.552. The van der Waals surface area contributed by atoms with Gasteiger partial charge in [0.1, 0.15) is 0 Å². The molecule has 1 unspecified atom stereocenters. The van der Waals surface area contributed by atoms with E-state index in [0.29, 0.717) is 5.41 Å². The van der Waals surface area contributed by atoms with Crippen LogP contribution in [0.4, 0.5) is 0 Å². The normalized spacial score (nSPS) is 30.7. The van der Waals surface area contributed by atoms with Crippen LogP contribution >= 0.6 is 0 Å². The summed E-state index contributed by atoms with van der Waals surface area (Å²) >= 11 is 0. The fourth-order valence-electron chi connectivity index (χ4n) is 5.11. The topological polar surface area (TPSA) is 0 Å². The Morgan fingerprint density at radius 1 is 0.857 bits per heavy atom. The van der Waals surface area contributed by atoms with Crippen molar-refractivity contribution >= 4 is 0 Å². The molecule has 0 heterocycles. The number of hydrogen-bond acceptors (Lipinski definition) is 0. The number of allylic oxidation sites excluding steroid dienone is 8. The van der Waals surface area contributed by atoms with Crippen molar-refractivity contribution < 1.29 is 0 Å². The lowest BCUT2D eigenvalue weighted by Crippen LogP contribution is -2.39. The van der Waals surface area contributed by atoms with Gasteiger partial charge in [0.05, 0.1) is 0 Å². The van der Waals surface area contributed by atoms with Gasteiger partial charge < -0.3 is 0 Å². The van der Waals surface area contributed by atoms with E-state index in [-0.39, 0.29) is 5.41 Å². The highest BCUT2D eigenvalue weighted by atomic mass is 14.5. The lowest BCUT2D eigenvalue weighted by Gasteiger charge is -2.50. The Morgan fingerprint density at radius 3 is 1.86 bits per heavy atom. The first kappa shape index (κ1) is 14.9. The molecule has 1 fully saturated rings. The van der Waals surface area contributed by atoms with Crippen LogP contribution in [-0.2, 0) is 0 Å². The Kier molecular flexibility index (Phi) is 3.99. The molecular weight excluding hydrogens is 252 g/mol. The van der Waals surface area contributed by atoms with E-state index in [9.17, 15) is 0 Å². The van der Waals surface area contributed by atoms with E-state index in [1.807, 2.05) is 0 Å². The first-order valence-electron chi connectivity index (χ1n) is 8.76. The molecule has 0 radical (unpaired) electrons. The summed E-state index contributed by atoms with van der Waals surface area (Å²) < 4.78 is 0. The highest BCUT2D eigenvalue weighted by Gasteiger charge is 2.46. The largest absolute Gasteiger partial charge is 0.0839 e. The van der Waals surface area contributed by atoms with E-state index in [2.05, 4.69) is 57.2 Å². The molecule has 0 aromatic rings. The maximum absolute atomic E-state index is 2.53. The highest BCUT2D eigenvalue weighted by molar-refractivity contribution is 5.44. The van der Waals surface area contributed by atoms with E-state index in [1.165, 1.54) is 44.9 Å². The molecule has 0 aromatic heterocycles. The van der Waals surface area contributed by atoms with Gasteiger partial charge in [-0.15, -0.1) is 0 Å². The van der Waals surface area contributed by atoms with Gasteiger partial charge in [-0.25, -0.2) is 0 Å². The zero-order valence-electron chi connectivity index (χ0n) is 14.0. The van der Waals surface area contributed by atoms with Crippen molar-refractivity contribution in [1.29, 1.82) is 0 Å². The third kappa shape index (κ3) is 2.96. The molecule has 114 valence electrons. The molecule has 0 N–H and O–H groups in total. The third-order valence-corrected chi connectivity index (χ3v) is 5.47. The predicted molar refractivity (Wildman–Crippen MR) is 92.1 cm³/mol. The van der Waals surface area contributed by atoms with Gasteiger partial charge in [-0.05, 0) is 67.4 Å². The standard InChI is InChI=1S/C21H30/c1-17-14-20(2,3)16-21(15-17,18-10-6-4-7-11-18)19-12-8-5-9-13-19/h6,8,10-13,17H,4-5,7,9,14-16H2,1-3H3. The molecule has 1 atom stereocenters. The van der Waals surface area contributed by atoms with Crippen molar-refractivity contribution in [3.8, 4) is 0 Å². The van der Waals surface area contributed by atoms with E-state index < -0.39 is 0 Å². The Labute approximate surface area is 130 Å². The van der Waals surface area contributed by atoms with E-state index in [1.54, 1.807) is 11.1 Å². The van der Waals surface area contributed by atoms with Crippen molar-refractivity contribution in [1.82, 2.24) is 0 Å². The van der Waals surface area contributed by atoms with E-state index >= 15 is 0 Å². The van der Waals surface area contributed by atoms with Gasteiger partial charge in [0.2, 0.25) is 0 Å². The number of hydrogen-bond donors (Lipinski definition) is 0. The van der Waals surface area contributed by atoms with Gasteiger partial charge in [-0.1, -0.05) is 57.2 Å². The molecule has 0 spiro atoms. The van der Waals surface area contributed by atoms with Gasteiger partial charge in [-0.2, -0.15) is 0 Å². The maximum atomic E-state index is 2.53. The monoisotopic (exact) mass is 282 g/mol. The molecule has 0 aliphatic heterocycles. The fourth-order valence-corrected chi connectivity index (χ4v) is 5.11. The fraction of sp³-hybridized carbons (Fsp3) is 0.619. The van der Waals surface area contributed by atoms with Gasteiger partial charge in [0.15, 0.2) is 0 Å².